The number of carbonyl (C=O) groups excluding carboxylic acids is 2. The Kier molecular flexibility index (Phi) is 4.40. The third kappa shape index (κ3) is 3.06. The largest absolute Gasteiger partial charge is 0.481 e. The number of carboxylic acid groups (broad SMARTS) is 1. The van der Waals surface area contributed by atoms with Crippen molar-refractivity contribution in [3.63, 3.8) is 0 Å². The van der Waals surface area contributed by atoms with Crippen molar-refractivity contribution in [1.82, 2.24) is 10.2 Å². The zero-order valence-electron chi connectivity index (χ0n) is 14.1. The standard InChI is InChI=1S/C17H20N2O5S/c1-9(24-10-7-5-4-6-8-10)13(20)18-11-14(21)19-12(16(22)23)17(2,3)25-15(11)19/h4-9,11-12,15H,1-3H3,(H,18,20)(H,22,23)/t9?,11?,12?,15-/m1/s1. The van der Waals surface area contributed by atoms with Crippen molar-refractivity contribution in [2.75, 3.05) is 0 Å². The number of aliphatic carboxylic acids is 1. The van der Waals surface area contributed by atoms with Gasteiger partial charge in [0.15, 0.2) is 6.10 Å². The number of hydrogen-bond donors (Lipinski definition) is 2. The molecule has 4 atom stereocenters. The number of ether oxygens (including phenoxy) is 1. The molecule has 1 aromatic rings. The molecule has 25 heavy (non-hydrogen) atoms. The van der Waals surface area contributed by atoms with Crippen LogP contribution in [0.2, 0.25) is 0 Å². The Labute approximate surface area is 149 Å². The smallest absolute Gasteiger partial charge is 0.327 e. The van der Waals surface area contributed by atoms with E-state index < -0.39 is 34.8 Å². The number of rotatable bonds is 5. The van der Waals surface area contributed by atoms with Gasteiger partial charge in [-0.25, -0.2) is 4.79 Å². The van der Waals surface area contributed by atoms with Crippen molar-refractivity contribution < 1.29 is 24.2 Å². The van der Waals surface area contributed by atoms with E-state index in [2.05, 4.69) is 5.32 Å². The van der Waals surface area contributed by atoms with E-state index in [1.54, 1.807) is 45.0 Å². The minimum absolute atomic E-state index is 0.364. The van der Waals surface area contributed by atoms with Crippen LogP contribution in [0, 0.1) is 0 Å². The molecule has 0 spiro atoms. The van der Waals surface area contributed by atoms with Crippen molar-refractivity contribution in [3.05, 3.63) is 30.3 Å². The zero-order valence-corrected chi connectivity index (χ0v) is 14.9. The van der Waals surface area contributed by atoms with Crippen LogP contribution >= 0.6 is 11.8 Å². The average molecular weight is 364 g/mol. The second kappa shape index (κ2) is 6.25. The highest BCUT2D eigenvalue weighted by atomic mass is 32.2. The summed E-state index contributed by atoms with van der Waals surface area (Å²) in [6.07, 6.45) is -0.765. The predicted molar refractivity (Wildman–Crippen MR) is 92.2 cm³/mol. The van der Waals surface area contributed by atoms with Crippen LogP contribution in [0.25, 0.3) is 0 Å². The molecule has 0 radical (unpaired) electrons. The maximum Gasteiger partial charge on any atom is 0.327 e. The summed E-state index contributed by atoms with van der Waals surface area (Å²) >= 11 is 1.39. The molecule has 2 aliphatic rings. The number of thioether (sulfide) groups is 1. The average Bonchev–Trinajstić information content (AvgIpc) is 2.81. The maximum atomic E-state index is 12.4. The third-order valence-corrected chi connectivity index (χ3v) is 5.97. The number of nitrogens with one attached hydrogen (secondary N) is 1. The van der Waals surface area contributed by atoms with Gasteiger partial charge in [-0.3, -0.25) is 9.59 Å². The van der Waals surface area contributed by atoms with Gasteiger partial charge in [-0.1, -0.05) is 18.2 Å². The fourth-order valence-electron chi connectivity index (χ4n) is 3.17. The molecular formula is C17H20N2O5S. The minimum atomic E-state index is -1.03. The Bertz CT molecular complexity index is 708. The van der Waals surface area contributed by atoms with Crippen LogP contribution in [0.5, 0.6) is 5.75 Å². The normalized spacial score (nSPS) is 27.9. The van der Waals surface area contributed by atoms with Crippen LogP contribution in [0.4, 0.5) is 0 Å². The first-order valence-corrected chi connectivity index (χ1v) is 8.85. The molecule has 1 aromatic carbocycles. The second-order valence-corrected chi connectivity index (χ2v) is 8.43. The molecule has 0 aromatic heterocycles. The maximum absolute atomic E-state index is 12.4. The number of para-hydroxylation sites is 1. The minimum Gasteiger partial charge on any atom is -0.481 e. The van der Waals surface area contributed by atoms with Crippen LogP contribution in [0.3, 0.4) is 0 Å². The fourth-order valence-corrected chi connectivity index (χ4v) is 4.80. The molecule has 134 valence electrons. The van der Waals surface area contributed by atoms with Gasteiger partial charge in [-0.15, -0.1) is 11.8 Å². The van der Waals surface area contributed by atoms with Gasteiger partial charge in [0.25, 0.3) is 5.91 Å². The van der Waals surface area contributed by atoms with Gasteiger partial charge in [0.05, 0.1) is 0 Å². The quantitative estimate of drug-likeness (QED) is 0.759. The molecule has 0 saturated carbocycles. The highest BCUT2D eigenvalue weighted by Gasteiger charge is 2.64. The molecule has 2 fully saturated rings. The molecule has 3 rings (SSSR count). The highest BCUT2D eigenvalue weighted by molar-refractivity contribution is 8.01. The molecule has 2 aliphatic heterocycles. The summed E-state index contributed by atoms with van der Waals surface area (Å²) in [5, 5.41) is 11.7. The van der Waals surface area contributed by atoms with Gasteiger partial charge in [0.2, 0.25) is 5.91 Å². The van der Waals surface area contributed by atoms with Gasteiger partial charge >= 0.3 is 5.97 Å². The van der Waals surface area contributed by atoms with Crippen LogP contribution in [0.15, 0.2) is 30.3 Å². The Morgan fingerprint density at radius 2 is 1.96 bits per heavy atom. The van der Waals surface area contributed by atoms with Crippen molar-refractivity contribution in [2.45, 2.75) is 49.1 Å². The molecule has 0 aliphatic carbocycles. The zero-order chi connectivity index (χ0) is 18.4. The number of β-lactam (4-membered cyclic amide) rings is 1. The molecule has 3 unspecified atom stereocenters. The monoisotopic (exact) mass is 364 g/mol. The Hall–Kier alpha value is -2.22. The van der Waals surface area contributed by atoms with E-state index in [-0.39, 0.29) is 11.3 Å². The van der Waals surface area contributed by atoms with Crippen LogP contribution in [-0.2, 0) is 14.4 Å². The van der Waals surface area contributed by atoms with Gasteiger partial charge < -0.3 is 20.1 Å². The number of fused-ring (bicyclic) bond motifs is 1. The molecule has 2 heterocycles. The molecule has 0 bridgehead atoms. The molecule has 7 nitrogen and oxygen atoms in total. The Balaban J connectivity index is 1.64. The van der Waals surface area contributed by atoms with E-state index in [0.717, 1.165) is 0 Å². The highest BCUT2D eigenvalue weighted by Crippen LogP contribution is 2.50. The molecular weight excluding hydrogens is 344 g/mol. The fraction of sp³-hybridized carbons (Fsp3) is 0.471. The van der Waals surface area contributed by atoms with E-state index in [0.29, 0.717) is 5.75 Å². The molecule has 8 heteroatoms. The summed E-state index contributed by atoms with van der Waals surface area (Å²) in [6, 6.07) is 7.33. The van der Waals surface area contributed by atoms with E-state index in [9.17, 15) is 19.5 Å². The first kappa shape index (κ1) is 17.6. The first-order chi connectivity index (χ1) is 11.7. The van der Waals surface area contributed by atoms with Gasteiger partial charge in [-0.05, 0) is 32.9 Å². The number of amides is 2. The van der Waals surface area contributed by atoms with Crippen LogP contribution in [0.1, 0.15) is 20.8 Å². The third-order valence-electron chi connectivity index (χ3n) is 4.40. The lowest BCUT2D eigenvalue weighted by atomic mass is 9.96. The molecule has 2 N–H and O–H groups in total. The van der Waals surface area contributed by atoms with E-state index in [1.807, 2.05) is 6.07 Å². The predicted octanol–water partition coefficient (Wildman–Crippen LogP) is 1.09. The first-order valence-electron chi connectivity index (χ1n) is 7.97. The van der Waals surface area contributed by atoms with Crippen molar-refractivity contribution in [2.24, 2.45) is 0 Å². The van der Waals surface area contributed by atoms with Crippen molar-refractivity contribution in [1.29, 1.82) is 0 Å². The summed E-state index contributed by atoms with van der Waals surface area (Å²) < 4.78 is 4.94. The Morgan fingerprint density at radius 1 is 1.32 bits per heavy atom. The summed E-state index contributed by atoms with van der Waals surface area (Å²) in [5.41, 5.74) is 0. The number of carbonyl (C=O) groups is 3. The van der Waals surface area contributed by atoms with E-state index >= 15 is 0 Å². The van der Waals surface area contributed by atoms with Crippen LogP contribution in [-0.4, -0.2) is 56.1 Å². The molecule has 2 amide bonds. The summed E-state index contributed by atoms with van der Waals surface area (Å²) in [6.45, 7) is 5.19. The Morgan fingerprint density at radius 3 is 2.56 bits per heavy atom. The van der Waals surface area contributed by atoms with E-state index in [1.165, 1.54) is 16.7 Å². The SMILES string of the molecule is CC(Oc1ccccc1)C(=O)NC1C(=O)N2C(C(=O)O)C(C)(C)S[C@H]12. The molecule has 2 saturated heterocycles. The van der Waals surface area contributed by atoms with Crippen molar-refractivity contribution >= 4 is 29.5 Å². The number of hydrogen-bond acceptors (Lipinski definition) is 5. The lowest BCUT2D eigenvalue weighted by Gasteiger charge is -2.43. The van der Waals surface area contributed by atoms with Gasteiger partial charge in [0.1, 0.15) is 23.2 Å². The number of nitrogens with zero attached hydrogens (tertiary/aromatic N) is 1. The van der Waals surface area contributed by atoms with Crippen molar-refractivity contribution in [3.8, 4) is 5.75 Å². The van der Waals surface area contributed by atoms with E-state index in [4.69, 9.17) is 4.74 Å². The summed E-state index contributed by atoms with van der Waals surface area (Å²) in [7, 11) is 0. The summed E-state index contributed by atoms with van der Waals surface area (Å²) in [5.74, 6) is -1.23. The lowest BCUT2D eigenvalue weighted by Crippen LogP contribution is -2.71. The number of carboxylic acids is 1. The van der Waals surface area contributed by atoms with Crippen LogP contribution < -0.4 is 10.1 Å². The number of benzene rings is 1. The topological polar surface area (TPSA) is 95.9 Å². The summed E-state index contributed by atoms with van der Waals surface area (Å²) in [4.78, 5) is 37.5. The lowest BCUT2D eigenvalue weighted by molar-refractivity contribution is -0.161. The van der Waals surface area contributed by atoms with Gasteiger partial charge in [-0.2, -0.15) is 0 Å². The second-order valence-electron chi connectivity index (χ2n) is 6.66. The van der Waals surface area contributed by atoms with Gasteiger partial charge in [0, 0.05) is 4.75 Å².